The zero-order chi connectivity index (χ0) is 15.9. The third kappa shape index (κ3) is 5.77. The van der Waals surface area contributed by atoms with Gasteiger partial charge in [-0.05, 0) is 18.1 Å². The number of benzene rings is 1. The van der Waals surface area contributed by atoms with E-state index in [-0.39, 0.29) is 41.5 Å². The molecule has 0 radical (unpaired) electrons. The summed E-state index contributed by atoms with van der Waals surface area (Å²) in [6.07, 6.45) is 3.27. The van der Waals surface area contributed by atoms with Crippen molar-refractivity contribution in [3.05, 3.63) is 33.9 Å². The lowest BCUT2D eigenvalue weighted by Crippen LogP contribution is -2.45. The van der Waals surface area contributed by atoms with Gasteiger partial charge in [-0.3, -0.25) is 15.0 Å². The van der Waals surface area contributed by atoms with Gasteiger partial charge in [0.15, 0.2) is 5.75 Å². The van der Waals surface area contributed by atoms with Crippen LogP contribution in [0.5, 0.6) is 5.75 Å². The lowest BCUT2D eigenvalue weighted by atomic mass is 9.98. The van der Waals surface area contributed by atoms with Crippen LogP contribution >= 0.6 is 24.8 Å². The maximum atomic E-state index is 11.2. The van der Waals surface area contributed by atoms with Crippen LogP contribution in [0, 0.1) is 10.1 Å². The van der Waals surface area contributed by atoms with E-state index in [4.69, 9.17) is 4.74 Å². The predicted octanol–water partition coefficient (Wildman–Crippen LogP) is 3.58. The molecule has 1 aliphatic heterocycles. The Morgan fingerprint density at radius 1 is 1.33 bits per heavy atom. The average Bonchev–Trinajstić information content (AvgIpc) is 2.56. The molecule has 1 N–H and O–H groups in total. The van der Waals surface area contributed by atoms with E-state index in [9.17, 15) is 10.1 Å². The van der Waals surface area contributed by atoms with Crippen molar-refractivity contribution < 1.29 is 9.66 Å². The van der Waals surface area contributed by atoms with Crippen molar-refractivity contribution in [2.45, 2.75) is 32.2 Å². The van der Waals surface area contributed by atoms with Crippen LogP contribution in [0.3, 0.4) is 0 Å². The molecule has 24 heavy (non-hydrogen) atoms. The summed E-state index contributed by atoms with van der Waals surface area (Å²) in [6, 6.07) is 5.61. The smallest absolute Gasteiger partial charge is 0.311 e. The summed E-state index contributed by atoms with van der Waals surface area (Å²) >= 11 is 0. The molecule has 0 bridgehead atoms. The van der Waals surface area contributed by atoms with Gasteiger partial charge < -0.3 is 10.1 Å². The number of hydrogen-bond acceptors (Lipinski definition) is 5. The Labute approximate surface area is 155 Å². The standard InChI is InChI=1S/C16H25N3O3.2ClH/c1-3-4-5-14(18-10-8-17-9-11-18)13-6-7-16(22-2)15(12-13)19(20)21;;/h6-7,12,14,17H,3-5,8-11H2,1-2H3;2*1H/t14-;;/m1../s1. The highest BCUT2D eigenvalue weighted by Crippen LogP contribution is 2.34. The Kier molecular flexibility index (Phi) is 11.0. The van der Waals surface area contributed by atoms with Crippen molar-refractivity contribution in [2.24, 2.45) is 0 Å². The lowest BCUT2D eigenvalue weighted by molar-refractivity contribution is -0.385. The summed E-state index contributed by atoms with van der Waals surface area (Å²) in [5.41, 5.74) is 1.07. The summed E-state index contributed by atoms with van der Waals surface area (Å²) in [6.45, 7) is 6.08. The average molecular weight is 380 g/mol. The fourth-order valence-corrected chi connectivity index (χ4v) is 3.01. The van der Waals surface area contributed by atoms with Gasteiger partial charge in [-0.1, -0.05) is 25.8 Å². The minimum Gasteiger partial charge on any atom is -0.490 e. The number of nitrogens with zero attached hydrogens (tertiary/aromatic N) is 2. The fourth-order valence-electron chi connectivity index (χ4n) is 3.01. The van der Waals surface area contributed by atoms with E-state index >= 15 is 0 Å². The van der Waals surface area contributed by atoms with Gasteiger partial charge in [-0.15, -0.1) is 24.8 Å². The molecule has 1 aromatic rings. The maximum absolute atomic E-state index is 11.2. The van der Waals surface area contributed by atoms with Crippen LogP contribution in [-0.2, 0) is 0 Å². The SMILES string of the molecule is CCCC[C@H](c1ccc(OC)c([N+](=O)[O-])c1)N1CCNCC1.Cl.Cl. The first-order chi connectivity index (χ1) is 10.7. The predicted molar refractivity (Wildman–Crippen MR) is 101 cm³/mol. The minimum atomic E-state index is -0.364. The zero-order valence-electron chi connectivity index (χ0n) is 14.2. The van der Waals surface area contributed by atoms with E-state index in [1.165, 1.54) is 7.11 Å². The quantitative estimate of drug-likeness (QED) is 0.579. The molecular formula is C16H27Cl2N3O3. The Hall–Kier alpha value is -1.08. The summed E-state index contributed by atoms with van der Waals surface area (Å²) in [5, 5.41) is 14.6. The van der Waals surface area contributed by atoms with Gasteiger partial charge in [-0.25, -0.2) is 0 Å². The third-order valence-electron chi connectivity index (χ3n) is 4.21. The number of piperazine rings is 1. The topological polar surface area (TPSA) is 67.6 Å². The van der Waals surface area contributed by atoms with Crippen molar-refractivity contribution in [1.29, 1.82) is 0 Å². The minimum absolute atomic E-state index is 0. The number of hydrogen-bond donors (Lipinski definition) is 1. The summed E-state index contributed by atoms with van der Waals surface area (Å²) < 4.78 is 5.10. The Bertz CT molecular complexity index is 511. The molecule has 0 saturated carbocycles. The van der Waals surface area contributed by atoms with Crippen molar-refractivity contribution in [1.82, 2.24) is 10.2 Å². The Balaban J connectivity index is 0.00000264. The van der Waals surface area contributed by atoms with Crippen LogP contribution in [0.25, 0.3) is 0 Å². The van der Waals surface area contributed by atoms with Crippen molar-refractivity contribution >= 4 is 30.5 Å². The van der Waals surface area contributed by atoms with Crippen LogP contribution in [0.1, 0.15) is 37.8 Å². The second kappa shape index (κ2) is 11.5. The van der Waals surface area contributed by atoms with E-state index < -0.39 is 0 Å². The molecular weight excluding hydrogens is 353 g/mol. The molecule has 2 rings (SSSR count). The van der Waals surface area contributed by atoms with E-state index in [0.717, 1.165) is 51.0 Å². The highest BCUT2D eigenvalue weighted by molar-refractivity contribution is 5.85. The molecule has 138 valence electrons. The first-order valence-corrected chi connectivity index (χ1v) is 7.94. The number of unbranched alkanes of at least 4 members (excludes halogenated alkanes) is 1. The zero-order valence-corrected chi connectivity index (χ0v) is 15.8. The number of nitro benzene ring substituents is 1. The summed E-state index contributed by atoms with van der Waals surface area (Å²) in [7, 11) is 1.47. The van der Waals surface area contributed by atoms with Gasteiger partial charge in [0.2, 0.25) is 0 Å². The van der Waals surface area contributed by atoms with Gasteiger partial charge in [0.1, 0.15) is 0 Å². The first kappa shape index (κ1) is 22.9. The van der Waals surface area contributed by atoms with Crippen LogP contribution in [0.4, 0.5) is 5.69 Å². The van der Waals surface area contributed by atoms with Gasteiger partial charge in [0, 0.05) is 38.3 Å². The monoisotopic (exact) mass is 379 g/mol. The van der Waals surface area contributed by atoms with Crippen LogP contribution in [0.15, 0.2) is 18.2 Å². The van der Waals surface area contributed by atoms with E-state index in [1.54, 1.807) is 12.1 Å². The molecule has 0 aliphatic carbocycles. The Morgan fingerprint density at radius 3 is 2.54 bits per heavy atom. The summed E-state index contributed by atoms with van der Waals surface area (Å²) in [4.78, 5) is 13.3. The second-order valence-corrected chi connectivity index (χ2v) is 5.63. The molecule has 1 saturated heterocycles. The van der Waals surface area contributed by atoms with E-state index in [1.807, 2.05) is 6.07 Å². The molecule has 1 aromatic carbocycles. The van der Waals surface area contributed by atoms with Crippen molar-refractivity contribution in [3.8, 4) is 5.75 Å². The summed E-state index contributed by atoms with van der Waals surface area (Å²) in [5.74, 6) is 0.323. The van der Waals surface area contributed by atoms with E-state index in [2.05, 4.69) is 17.1 Å². The highest BCUT2D eigenvalue weighted by Gasteiger charge is 2.25. The van der Waals surface area contributed by atoms with Crippen molar-refractivity contribution in [2.75, 3.05) is 33.3 Å². The molecule has 8 heteroatoms. The normalized spacial score (nSPS) is 15.8. The first-order valence-electron chi connectivity index (χ1n) is 7.94. The van der Waals surface area contributed by atoms with Gasteiger partial charge in [0.05, 0.1) is 12.0 Å². The second-order valence-electron chi connectivity index (χ2n) is 5.63. The highest BCUT2D eigenvalue weighted by atomic mass is 35.5. The van der Waals surface area contributed by atoms with E-state index in [0.29, 0.717) is 5.75 Å². The van der Waals surface area contributed by atoms with Gasteiger partial charge in [-0.2, -0.15) is 0 Å². The number of ether oxygens (including phenoxy) is 1. The molecule has 1 aliphatic rings. The number of halogens is 2. The molecule has 1 atom stereocenters. The number of nitro groups is 1. The van der Waals surface area contributed by atoms with Gasteiger partial charge in [0.25, 0.3) is 0 Å². The van der Waals surface area contributed by atoms with Gasteiger partial charge >= 0.3 is 5.69 Å². The van der Waals surface area contributed by atoms with Crippen LogP contribution in [0.2, 0.25) is 0 Å². The molecule has 6 nitrogen and oxygen atoms in total. The van der Waals surface area contributed by atoms with Crippen molar-refractivity contribution in [3.63, 3.8) is 0 Å². The third-order valence-corrected chi connectivity index (χ3v) is 4.21. The number of methoxy groups -OCH3 is 1. The number of rotatable bonds is 7. The van der Waals surface area contributed by atoms with Crippen LogP contribution in [-0.4, -0.2) is 43.1 Å². The molecule has 0 unspecified atom stereocenters. The lowest BCUT2D eigenvalue weighted by Gasteiger charge is -2.35. The fraction of sp³-hybridized carbons (Fsp3) is 0.625. The maximum Gasteiger partial charge on any atom is 0.311 e. The molecule has 1 fully saturated rings. The molecule has 1 heterocycles. The molecule has 0 amide bonds. The molecule has 0 aromatic heterocycles. The number of nitrogens with one attached hydrogen (secondary N) is 1. The molecule has 0 spiro atoms. The Morgan fingerprint density at radius 2 is 2.00 bits per heavy atom. The largest absolute Gasteiger partial charge is 0.490 e. The van der Waals surface area contributed by atoms with Crippen LogP contribution < -0.4 is 10.1 Å².